The van der Waals surface area contributed by atoms with Crippen LogP contribution in [0.4, 0.5) is 5.69 Å². The van der Waals surface area contributed by atoms with Crippen molar-refractivity contribution >= 4 is 23.5 Å². The minimum atomic E-state index is -0.919. The molecule has 1 saturated carbocycles. The first-order chi connectivity index (χ1) is 12.8. The molecule has 0 heterocycles. The molecule has 0 unspecified atom stereocenters. The van der Waals surface area contributed by atoms with Gasteiger partial charge in [-0.1, -0.05) is 18.2 Å². The Bertz CT molecular complexity index is 680. The van der Waals surface area contributed by atoms with Crippen LogP contribution in [0.3, 0.4) is 0 Å². The average molecular weight is 375 g/mol. The minimum Gasteiger partial charge on any atom is -0.481 e. The van der Waals surface area contributed by atoms with Crippen LogP contribution in [0.15, 0.2) is 18.2 Å². The zero-order valence-corrected chi connectivity index (χ0v) is 16.3. The Labute approximate surface area is 160 Å². The van der Waals surface area contributed by atoms with E-state index in [2.05, 4.69) is 5.32 Å². The molecule has 2 rings (SSSR count). The monoisotopic (exact) mass is 375 g/mol. The van der Waals surface area contributed by atoms with Crippen LogP contribution in [-0.4, -0.2) is 65.4 Å². The molecule has 0 spiro atoms. The Morgan fingerprint density at radius 3 is 2.30 bits per heavy atom. The van der Waals surface area contributed by atoms with E-state index in [4.69, 9.17) is 5.11 Å². The molecule has 0 saturated heterocycles. The highest BCUT2D eigenvalue weighted by Gasteiger charge is 2.30. The number of aliphatic carboxylic acids is 1. The van der Waals surface area contributed by atoms with E-state index in [0.29, 0.717) is 12.6 Å². The van der Waals surface area contributed by atoms with Crippen LogP contribution in [0.5, 0.6) is 0 Å². The van der Waals surface area contributed by atoms with E-state index in [9.17, 15) is 14.4 Å². The van der Waals surface area contributed by atoms with Gasteiger partial charge in [0, 0.05) is 38.3 Å². The first-order valence-corrected chi connectivity index (χ1v) is 9.33. The molecule has 0 aromatic heterocycles. The van der Waals surface area contributed by atoms with E-state index < -0.39 is 5.97 Å². The average Bonchev–Trinajstić information content (AvgIpc) is 3.44. The maximum Gasteiger partial charge on any atom is 0.305 e. The van der Waals surface area contributed by atoms with E-state index in [1.54, 1.807) is 7.05 Å². The Balaban J connectivity index is 1.85. The molecule has 7 nitrogen and oxygen atoms in total. The number of carbonyl (C=O) groups is 3. The van der Waals surface area contributed by atoms with E-state index >= 15 is 0 Å². The van der Waals surface area contributed by atoms with Crippen molar-refractivity contribution in [2.75, 3.05) is 32.0 Å². The number of hydrogen-bond acceptors (Lipinski definition) is 4. The molecule has 2 amide bonds. The maximum atomic E-state index is 12.5. The molecule has 7 heteroatoms. The van der Waals surface area contributed by atoms with Crippen molar-refractivity contribution < 1.29 is 19.5 Å². The third kappa shape index (κ3) is 6.67. The highest BCUT2D eigenvalue weighted by atomic mass is 16.4. The molecule has 0 atom stereocenters. The summed E-state index contributed by atoms with van der Waals surface area (Å²) in [6.45, 7) is 4.89. The number of amides is 2. The van der Waals surface area contributed by atoms with Gasteiger partial charge in [-0.15, -0.1) is 0 Å². The molecule has 2 N–H and O–H groups in total. The third-order valence-electron chi connectivity index (χ3n) is 4.86. The van der Waals surface area contributed by atoms with Crippen LogP contribution >= 0.6 is 0 Å². The number of para-hydroxylation sites is 1. The molecule has 0 bridgehead atoms. The second-order valence-corrected chi connectivity index (χ2v) is 7.23. The Hall–Kier alpha value is -2.41. The molecule has 0 aliphatic heterocycles. The zero-order valence-electron chi connectivity index (χ0n) is 16.3. The fourth-order valence-corrected chi connectivity index (χ4v) is 3.02. The standard InChI is InChI=1S/C20H29N3O4/c1-14-5-4-6-15(2)20(14)21-17(24)13-23(16-7-8-16)12-9-18(25)22(3)11-10-19(26)27/h4-6,16H,7-13H2,1-3H3,(H,21,24)(H,26,27). The number of nitrogens with one attached hydrogen (secondary N) is 1. The predicted octanol–water partition coefficient (Wildman–Crippen LogP) is 2.03. The lowest BCUT2D eigenvalue weighted by molar-refractivity contribution is -0.138. The summed E-state index contributed by atoms with van der Waals surface area (Å²) in [5.41, 5.74) is 2.90. The van der Waals surface area contributed by atoms with Crippen LogP contribution in [-0.2, 0) is 14.4 Å². The quantitative estimate of drug-likeness (QED) is 0.653. The van der Waals surface area contributed by atoms with Crippen molar-refractivity contribution in [3.63, 3.8) is 0 Å². The van der Waals surface area contributed by atoms with Crippen LogP contribution < -0.4 is 5.32 Å². The van der Waals surface area contributed by atoms with Crippen molar-refractivity contribution in [2.24, 2.45) is 0 Å². The van der Waals surface area contributed by atoms with Gasteiger partial charge in [0.25, 0.3) is 0 Å². The first kappa shape index (κ1) is 20.9. The van der Waals surface area contributed by atoms with Crippen LogP contribution in [0, 0.1) is 13.8 Å². The fourth-order valence-electron chi connectivity index (χ4n) is 3.02. The molecular formula is C20H29N3O4. The van der Waals surface area contributed by atoms with E-state index in [1.165, 1.54) is 4.90 Å². The van der Waals surface area contributed by atoms with Crippen molar-refractivity contribution in [1.82, 2.24) is 9.80 Å². The topological polar surface area (TPSA) is 90.0 Å². The first-order valence-electron chi connectivity index (χ1n) is 9.33. The predicted molar refractivity (Wildman–Crippen MR) is 104 cm³/mol. The van der Waals surface area contributed by atoms with Gasteiger partial charge in [0.05, 0.1) is 13.0 Å². The van der Waals surface area contributed by atoms with Crippen LogP contribution in [0.25, 0.3) is 0 Å². The van der Waals surface area contributed by atoms with Crippen molar-refractivity contribution in [3.8, 4) is 0 Å². The Kier molecular flexibility index (Phi) is 7.36. The van der Waals surface area contributed by atoms with Gasteiger partial charge in [-0.2, -0.15) is 0 Å². The second kappa shape index (κ2) is 9.50. The fraction of sp³-hybridized carbons (Fsp3) is 0.550. The van der Waals surface area contributed by atoms with Crippen molar-refractivity contribution in [1.29, 1.82) is 0 Å². The molecule has 1 fully saturated rings. The summed E-state index contributed by atoms with van der Waals surface area (Å²) >= 11 is 0. The summed E-state index contributed by atoms with van der Waals surface area (Å²) in [5, 5.41) is 11.7. The maximum absolute atomic E-state index is 12.5. The summed E-state index contributed by atoms with van der Waals surface area (Å²) in [7, 11) is 1.61. The third-order valence-corrected chi connectivity index (χ3v) is 4.86. The highest BCUT2D eigenvalue weighted by molar-refractivity contribution is 5.93. The van der Waals surface area contributed by atoms with E-state index in [-0.39, 0.29) is 37.7 Å². The number of rotatable bonds is 10. The van der Waals surface area contributed by atoms with Gasteiger partial charge < -0.3 is 15.3 Å². The largest absolute Gasteiger partial charge is 0.481 e. The number of benzene rings is 1. The van der Waals surface area contributed by atoms with Gasteiger partial charge in [0.15, 0.2) is 0 Å². The normalized spacial score (nSPS) is 13.5. The highest BCUT2D eigenvalue weighted by Crippen LogP contribution is 2.27. The molecule has 1 aliphatic carbocycles. The van der Waals surface area contributed by atoms with Crippen molar-refractivity contribution in [2.45, 2.75) is 45.6 Å². The number of nitrogens with zero attached hydrogens (tertiary/aromatic N) is 2. The summed E-state index contributed by atoms with van der Waals surface area (Å²) in [4.78, 5) is 38.8. The van der Waals surface area contributed by atoms with Gasteiger partial charge in [-0.25, -0.2) is 0 Å². The van der Waals surface area contributed by atoms with E-state index in [0.717, 1.165) is 29.7 Å². The lowest BCUT2D eigenvalue weighted by atomic mass is 10.1. The van der Waals surface area contributed by atoms with Crippen LogP contribution in [0.1, 0.15) is 36.8 Å². The Morgan fingerprint density at radius 2 is 1.74 bits per heavy atom. The SMILES string of the molecule is Cc1cccc(C)c1NC(=O)CN(CCC(=O)N(C)CCC(=O)O)C1CC1. The minimum absolute atomic E-state index is 0.0627. The van der Waals surface area contributed by atoms with Gasteiger partial charge in [-0.3, -0.25) is 19.3 Å². The summed E-state index contributed by atoms with van der Waals surface area (Å²) in [5.74, 6) is -1.10. The molecule has 1 aliphatic rings. The number of anilines is 1. The second-order valence-electron chi connectivity index (χ2n) is 7.23. The smallest absolute Gasteiger partial charge is 0.305 e. The number of carbonyl (C=O) groups excluding carboxylic acids is 2. The molecule has 0 radical (unpaired) electrons. The van der Waals surface area contributed by atoms with Crippen LogP contribution in [0.2, 0.25) is 0 Å². The summed E-state index contributed by atoms with van der Waals surface area (Å²) in [6.07, 6.45) is 2.30. The molecular weight excluding hydrogens is 346 g/mol. The van der Waals surface area contributed by atoms with Crippen molar-refractivity contribution in [3.05, 3.63) is 29.3 Å². The molecule has 1 aromatic carbocycles. The molecule has 148 valence electrons. The summed E-state index contributed by atoms with van der Waals surface area (Å²) < 4.78 is 0. The lowest BCUT2D eigenvalue weighted by Gasteiger charge is -2.23. The van der Waals surface area contributed by atoms with E-state index in [1.807, 2.05) is 36.9 Å². The number of hydrogen-bond donors (Lipinski definition) is 2. The number of carboxylic acids is 1. The lowest BCUT2D eigenvalue weighted by Crippen LogP contribution is -2.38. The van der Waals surface area contributed by atoms with Gasteiger partial charge in [0.1, 0.15) is 0 Å². The zero-order chi connectivity index (χ0) is 20.0. The number of carboxylic acid groups (broad SMARTS) is 1. The molecule has 1 aromatic rings. The van der Waals surface area contributed by atoms with Gasteiger partial charge in [0.2, 0.25) is 11.8 Å². The van der Waals surface area contributed by atoms with Gasteiger partial charge in [-0.05, 0) is 37.8 Å². The Morgan fingerprint density at radius 1 is 1.11 bits per heavy atom. The molecule has 27 heavy (non-hydrogen) atoms. The summed E-state index contributed by atoms with van der Waals surface area (Å²) in [6, 6.07) is 6.24. The number of aryl methyl sites for hydroxylation is 2. The van der Waals surface area contributed by atoms with Gasteiger partial charge >= 0.3 is 5.97 Å².